The van der Waals surface area contributed by atoms with E-state index in [2.05, 4.69) is 36.8 Å². The van der Waals surface area contributed by atoms with Gasteiger partial charge >= 0.3 is 0 Å². The molecule has 0 aliphatic carbocycles. The van der Waals surface area contributed by atoms with Crippen molar-refractivity contribution >= 4 is 5.91 Å². The second-order valence-electron chi connectivity index (χ2n) is 11.4. The number of aliphatic hydroxyl groups is 1. The van der Waals surface area contributed by atoms with Crippen LogP contribution in [0, 0.1) is 5.82 Å². The van der Waals surface area contributed by atoms with Crippen molar-refractivity contribution in [3.8, 4) is 22.6 Å². The number of imidazole rings is 1. The molecule has 0 bridgehead atoms. The molecule has 1 aliphatic heterocycles. The first-order valence-corrected chi connectivity index (χ1v) is 13.2. The number of hydrogen-bond donors (Lipinski definition) is 1. The van der Waals surface area contributed by atoms with Gasteiger partial charge in [-0.05, 0) is 53.6 Å². The third-order valence-corrected chi connectivity index (χ3v) is 7.49. The highest BCUT2D eigenvalue weighted by Crippen LogP contribution is 2.34. The van der Waals surface area contributed by atoms with Gasteiger partial charge in [-0.2, -0.15) is 0 Å². The Hall–Kier alpha value is -3.91. The Morgan fingerprint density at radius 2 is 1.67 bits per heavy atom. The van der Waals surface area contributed by atoms with Crippen LogP contribution >= 0.6 is 0 Å². The Morgan fingerprint density at radius 1 is 0.974 bits per heavy atom. The monoisotopic (exact) mass is 527 g/mol. The van der Waals surface area contributed by atoms with Crippen molar-refractivity contribution in [1.29, 1.82) is 0 Å². The van der Waals surface area contributed by atoms with E-state index >= 15 is 0 Å². The molecule has 1 N–H and O–H groups in total. The van der Waals surface area contributed by atoms with Crippen LogP contribution in [0.3, 0.4) is 0 Å². The predicted molar refractivity (Wildman–Crippen MR) is 148 cm³/mol. The topological polar surface area (TPSA) is 84.1 Å². The van der Waals surface area contributed by atoms with Crippen molar-refractivity contribution in [2.24, 2.45) is 7.05 Å². The first-order valence-electron chi connectivity index (χ1n) is 13.2. The summed E-state index contributed by atoms with van der Waals surface area (Å²) in [6.45, 7) is 7.33. The van der Waals surface area contributed by atoms with Gasteiger partial charge in [-0.25, -0.2) is 9.37 Å². The molecule has 0 spiro atoms. The number of carbonyl (C=O) groups excluding carboxylic acids is 1. The van der Waals surface area contributed by atoms with Crippen molar-refractivity contribution < 1.29 is 14.3 Å². The molecule has 0 saturated carbocycles. The minimum Gasteiger partial charge on any atom is -0.383 e. The van der Waals surface area contributed by atoms with Gasteiger partial charge in [0.25, 0.3) is 0 Å². The normalized spacial score (nSPS) is 15.4. The number of rotatable bonds is 5. The van der Waals surface area contributed by atoms with Gasteiger partial charge in [0.2, 0.25) is 5.91 Å². The van der Waals surface area contributed by atoms with Gasteiger partial charge in [0.05, 0.1) is 12.1 Å². The smallest absolute Gasteiger partial charge is 0.228 e. The molecule has 202 valence electrons. The number of piperidine rings is 1. The second-order valence-corrected chi connectivity index (χ2v) is 11.4. The standard InChI is InChI=1S/C31H34FN5O2/c1-30(2,3)23-8-12-26(34-19-23)29-35-27(20-36(29)4)31(39)13-15-37(16-14-31)28(38)17-25-11-7-22(18-33-25)21-5-9-24(32)10-6-21/h5-12,18-20,39H,13-17H2,1-4H3. The molecule has 4 heterocycles. The number of aromatic nitrogens is 4. The van der Waals surface area contributed by atoms with E-state index in [1.54, 1.807) is 23.2 Å². The fourth-order valence-corrected chi connectivity index (χ4v) is 4.89. The molecule has 0 radical (unpaired) electrons. The van der Waals surface area contributed by atoms with Crippen LogP contribution in [0.15, 0.2) is 67.1 Å². The number of hydrogen-bond acceptors (Lipinski definition) is 5. The third kappa shape index (κ3) is 5.76. The first-order chi connectivity index (χ1) is 18.5. The summed E-state index contributed by atoms with van der Waals surface area (Å²) >= 11 is 0. The van der Waals surface area contributed by atoms with E-state index in [0.29, 0.717) is 43.1 Å². The maximum atomic E-state index is 13.2. The number of nitrogens with zero attached hydrogens (tertiary/aromatic N) is 5. The molecule has 7 nitrogen and oxygen atoms in total. The summed E-state index contributed by atoms with van der Waals surface area (Å²) in [6, 6.07) is 14.0. The zero-order valence-corrected chi connectivity index (χ0v) is 22.9. The first kappa shape index (κ1) is 26.7. The van der Waals surface area contributed by atoms with Crippen LogP contribution in [0.2, 0.25) is 0 Å². The molecule has 4 aromatic rings. The van der Waals surface area contributed by atoms with Crippen molar-refractivity contribution in [3.63, 3.8) is 0 Å². The lowest BCUT2D eigenvalue weighted by Gasteiger charge is -2.37. The summed E-state index contributed by atoms with van der Waals surface area (Å²) in [4.78, 5) is 28.6. The van der Waals surface area contributed by atoms with Crippen molar-refractivity contribution in [1.82, 2.24) is 24.4 Å². The van der Waals surface area contributed by atoms with E-state index < -0.39 is 5.60 Å². The number of aryl methyl sites for hydroxylation is 1. The van der Waals surface area contributed by atoms with E-state index in [4.69, 9.17) is 4.98 Å². The SMILES string of the molecule is Cn1cc(C2(O)CCN(C(=O)Cc3ccc(-c4ccc(F)cc4)cn3)CC2)nc1-c1ccc(C(C)(C)C)cn1. The molecule has 39 heavy (non-hydrogen) atoms. The van der Waals surface area contributed by atoms with Crippen molar-refractivity contribution in [2.75, 3.05) is 13.1 Å². The van der Waals surface area contributed by atoms with Crippen LogP contribution in [0.4, 0.5) is 4.39 Å². The number of carbonyl (C=O) groups is 1. The molecule has 1 amide bonds. The summed E-state index contributed by atoms with van der Waals surface area (Å²) in [5.74, 6) is 0.394. The van der Waals surface area contributed by atoms with Gasteiger partial charge < -0.3 is 14.6 Å². The lowest BCUT2D eigenvalue weighted by atomic mass is 9.88. The molecule has 8 heteroatoms. The average Bonchev–Trinajstić information content (AvgIpc) is 3.32. The summed E-state index contributed by atoms with van der Waals surface area (Å²) < 4.78 is 15.1. The van der Waals surface area contributed by atoms with E-state index in [1.165, 1.54) is 12.1 Å². The highest BCUT2D eigenvalue weighted by Gasteiger charge is 2.38. The van der Waals surface area contributed by atoms with Gasteiger partial charge in [-0.15, -0.1) is 0 Å². The number of benzene rings is 1. The fraction of sp³-hybridized carbons (Fsp3) is 0.355. The average molecular weight is 528 g/mol. The second kappa shape index (κ2) is 10.3. The van der Waals surface area contributed by atoms with Gasteiger partial charge in [0, 0.05) is 50.0 Å². The molecule has 5 rings (SSSR count). The van der Waals surface area contributed by atoms with Crippen molar-refractivity contribution in [2.45, 2.75) is 51.0 Å². The Kier molecular flexibility index (Phi) is 7.07. The summed E-state index contributed by atoms with van der Waals surface area (Å²) in [5, 5.41) is 11.5. The van der Waals surface area contributed by atoms with Crippen LogP contribution in [0.1, 0.15) is 50.6 Å². The summed E-state index contributed by atoms with van der Waals surface area (Å²) in [5.41, 5.74) is 3.83. The maximum absolute atomic E-state index is 13.2. The molecule has 1 fully saturated rings. The van der Waals surface area contributed by atoms with E-state index in [-0.39, 0.29) is 23.6 Å². The Labute approximate surface area is 228 Å². The molecular weight excluding hydrogens is 493 g/mol. The number of likely N-dealkylation sites (tertiary alicyclic amines) is 1. The zero-order valence-electron chi connectivity index (χ0n) is 22.9. The quantitative estimate of drug-likeness (QED) is 0.393. The summed E-state index contributed by atoms with van der Waals surface area (Å²) in [7, 11) is 1.90. The highest BCUT2D eigenvalue weighted by atomic mass is 19.1. The van der Waals surface area contributed by atoms with Crippen LogP contribution in [-0.2, 0) is 29.3 Å². The predicted octanol–water partition coefficient (Wildman–Crippen LogP) is 5.03. The van der Waals surface area contributed by atoms with E-state index in [1.807, 2.05) is 42.2 Å². The maximum Gasteiger partial charge on any atom is 0.228 e. The minimum atomic E-state index is -1.10. The lowest BCUT2D eigenvalue weighted by Crippen LogP contribution is -2.45. The van der Waals surface area contributed by atoms with Gasteiger partial charge in [-0.3, -0.25) is 14.8 Å². The Morgan fingerprint density at radius 3 is 2.26 bits per heavy atom. The number of halogens is 1. The Bertz CT molecular complexity index is 1450. The minimum absolute atomic E-state index is 0.0163. The molecule has 1 aliphatic rings. The van der Waals surface area contributed by atoms with Crippen LogP contribution in [-0.4, -0.2) is 48.5 Å². The number of pyridine rings is 2. The van der Waals surface area contributed by atoms with Gasteiger partial charge in [-0.1, -0.05) is 45.0 Å². The molecule has 1 aromatic carbocycles. The number of amides is 1. The van der Waals surface area contributed by atoms with E-state index in [9.17, 15) is 14.3 Å². The molecule has 3 aromatic heterocycles. The lowest BCUT2D eigenvalue weighted by molar-refractivity contribution is -0.135. The summed E-state index contributed by atoms with van der Waals surface area (Å²) in [6.07, 6.45) is 6.44. The van der Waals surface area contributed by atoms with Gasteiger partial charge in [0.15, 0.2) is 5.82 Å². The van der Waals surface area contributed by atoms with Crippen LogP contribution in [0.5, 0.6) is 0 Å². The highest BCUT2D eigenvalue weighted by molar-refractivity contribution is 5.78. The van der Waals surface area contributed by atoms with Gasteiger partial charge in [0.1, 0.15) is 17.1 Å². The Balaban J connectivity index is 1.21. The van der Waals surface area contributed by atoms with Crippen LogP contribution < -0.4 is 0 Å². The van der Waals surface area contributed by atoms with Crippen LogP contribution in [0.25, 0.3) is 22.6 Å². The fourth-order valence-electron chi connectivity index (χ4n) is 4.89. The molecule has 1 saturated heterocycles. The molecule has 0 atom stereocenters. The largest absolute Gasteiger partial charge is 0.383 e. The van der Waals surface area contributed by atoms with E-state index in [0.717, 1.165) is 22.4 Å². The third-order valence-electron chi connectivity index (χ3n) is 7.49. The van der Waals surface area contributed by atoms with Crippen molar-refractivity contribution in [3.05, 3.63) is 89.9 Å². The zero-order chi connectivity index (χ0) is 27.8. The molecule has 0 unspecified atom stereocenters. The molecular formula is C31H34FN5O2.